The van der Waals surface area contributed by atoms with Crippen LogP contribution in [0, 0.1) is 0 Å². The van der Waals surface area contributed by atoms with Crippen molar-refractivity contribution < 1.29 is 23.1 Å². The zero-order chi connectivity index (χ0) is 16.2. The van der Waals surface area contributed by atoms with E-state index >= 15 is 0 Å². The minimum atomic E-state index is -4.73. The Labute approximate surface area is 130 Å². The maximum absolute atomic E-state index is 12.9. The molecule has 1 aliphatic heterocycles. The summed E-state index contributed by atoms with van der Waals surface area (Å²) < 4.78 is 38.6. The van der Waals surface area contributed by atoms with Crippen LogP contribution in [0.1, 0.15) is 24.8 Å². The first-order valence-corrected chi connectivity index (χ1v) is 7.40. The second-order valence-electron chi connectivity index (χ2n) is 6.10. The van der Waals surface area contributed by atoms with Crippen LogP contribution in [0.25, 0.3) is 0 Å². The fourth-order valence-corrected chi connectivity index (χ4v) is 3.23. The molecule has 2 fully saturated rings. The largest absolute Gasteiger partial charge is 0.419 e. The molecule has 0 aromatic heterocycles. The highest BCUT2D eigenvalue weighted by molar-refractivity contribution is 6.30. The SMILES string of the molecule is O=C(N1CC[C@@](O)(C(F)(F)F)C1)C1(c2cccc(Cl)c2)CC1. The van der Waals surface area contributed by atoms with Crippen LogP contribution in [0.3, 0.4) is 0 Å². The highest BCUT2D eigenvalue weighted by Gasteiger charge is 2.61. The van der Waals surface area contributed by atoms with Crippen LogP contribution in [0.5, 0.6) is 0 Å². The minimum Gasteiger partial charge on any atom is -0.379 e. The number of carbonyl (C=O) groups excluding carboxylic acids is 1. The summed E-state index contributed by atoms with van der Waals surface area (Å²) in [6.45, 7) is -0.783. The fraction of sp³-hybridized carbons (Fsp3) is 0.533. The lowest BCUT2D eigenvalue weighted by molar-refractivity contribution is -0.253. The second-order valence-corrected chi connectivity index (χ2v) is 6.53. The normalized spacial score (nSPS) is 27.0. The zero-order valence-electron chi connectivity index (χ0n) is 11.7. The maximum atomic E-state index is 12.9. The molecule has 0 unspecified atom stereocenters. The number of likely N-dealkylation sites (tertiary alicyclic amines) is 1. The summed E-state index contributed by atoms with van der Waals surface area (Å²) >= 11 is 5.93. The van der Waals surface area contributed by atoms with Gasteiger partial charge in [0.25, 0.3) is 0 Å². The first-order valence-electron chi connectivity index (χ1n) is 7.03. The molecule has 1 aromatic rings. The van der Waals surface area contributed by atoms with Gasteiger partial charge in [-0.1, -0.05) is 23.7 Å². The lowest BCUT2D eigenvalue weighted by Gasteiger charge is -2.28. The summed E-state index contributed by atoms with van der Waals surface area (Å²) in [5.41, 5.74) is -2.85. The monoisotopic (exact) mass is 333 g/mol. The van der Waals surface area contributed by atoms with Gasteiger partial charge in [0.15, 0.2) is 5.60 Å². The molecular weight excluding hydrogens is 319 g/mol. The van der Waals surface area contributed by atoms with Crippen molar-refractivity contribution in [2.75, 3.05) is 13.1 Å². The smallest absolute Gasteiger partial charge is 0.379 e. The lowest BCUT2D eigenvalue weighted by Crippen LogP contribution is -2.49. The molecule has 0 bridgehead atoms. The van der Waals surface area contributed by atoms with E-state index in [1.807, 2.05) is 0 Å². The molecular formula is C15H15ClF3NO2. The van der Waals surface area contributed by atoms with Crippen molar-refractivity contribution in [1.29, 1.82) is 0 Å². The molecule has 1 saturated carbocycles. The van der Waals surface area contributed by atoms with Gasteiger partial charge >= 0.3 is 6.18 Å². The third kappa shape index (κ3) is 2.38. The number of nitrogens with zero attached hydrogens (tertiary/aromatic N) is 1. The Morgan fingerprint density at radius 2 is 1.95 bits per heavy atom. The molecule has 120 valence electrons. The van der Waals surface area contributed by atoms with Crippen molar-refractivity contribution in [1.82, 2.24) is 4.90 Å². The molecule has 7 heteroatoms. The van der Waals surface area contributed by atoms with E-state index < -0.39 is 30.2 Å². The molecule has 1 N–H and O–H groups in total. The molecule has 22 heavy (non-hydrogen) atoms. The van der Waals surface area contributed by atoms with Crippen LogP contribution in [-0.2, 0) is 10.2 Å². The molecule has 3 rings (SSSR count). The number of hydrogen-bond acceptors (Lipinski definition) is 2. The van der Waals surface area contributed by atoms with Crippen LogP contribution >= 0.6 is 11.6 Å². The summed E-state index contributed by atoms with van der Waals surface area (Å²) in [4.78, 5) is 13.8. The predicted molar refractivity (Wildman–Crippen MR) is 74.6 cm³/mol. The molecule has 1 aromatic carbocycles. The summed E-state index contributed by atoms with van der Waals surface area (Å²) in [5.74, 6) is -0.352. The van der Waals surface area contributed by atoms with Crippen LogP contribution in [-0.4, -0.2) is 40.8 Å². The van der Waals surface area contributed by atoms with Gasteiger partial charge in [0.1, 0.15) is 0 Å². The van der Waals surface area contributed by atoms with Crippen LogP contribution in [0.4, 0.5) is 13.2 Å². The maximum Gasteiger partial charge on any atom is 0.419 e. The number of halogens is 4. The standard InChI is InChI=1S/C15H15ClF3NO2/c16-11-3-1-2-10(8-11)13(4-5-13)12(21)20-7-6-14(22,9-20)15(17,18)19/h1-3,8,22H,4-7,9H2/t14-/m0/s1. The Morgan fingerprint density at radius 1 is 1.27 bits per heavy atom. The third-order valence-electron chi connectivity index (χ3n) is 4.60. The first-order chi connectivity index (χ1) is 10.2. The summed E-state index contributed by atoms with van der Waals surface area (Å²) in [6.07, 6.45) is -4.02. The van der Waals surface area contributed by atoms with Gasteiger partial charge in [-0.25, -0.2) is 0 Å². The highest BCUT2D eigenvalue weighted by atomic mass is 35.5. The predicted octanol–water partition coefficient (Wildman–Crippen LogP) is 2.90. The number of carbonyl (C=O) groups is 1. The average molecular weight is 334 g/mol. The molecule has 0 radical (unpaired) electrons. The topological polar surface area (TPSA) is 40.5 Å². The van der Waals surface area contributed by atoms with Gasteiger partial charge in [0, 0.05) is 18.0 Å². The molecule has 1 atom stereocenters. The van der Waals surface area contributed by atoms with Gasteiger partial charge in [-0.05, 0) is 30.5 Å². The summed E-state index contributed by atoms with van der Waals surface area (Å²) in [5, 5.41) is 10.2. The number of hydrogen-bond donors (Lipinski definition) is 1. The van der Waals surface area contributed by atoms with E-state index in [1.165, 1.54) is 0 Å². The zero-order valence-corrected chi connectivity index (χ0v) is 12.4. The number of β-amino-alcohol motifs (C(OH)–C–C–N with tert-alkyl or cyclic N) is 1. The van der Waals surface area contributed by atoms with E-state index in [9.17, 15) is 23.1 Å². The lowest BCUT2D eigenvalue weighted by atomic mass is 9.94. The van der Waals surface area contributed by atoms with Gasteiger partial charge in [-0.2, -0.15) is 13.2 Å². The van der Waals surface area contributed by atoms with E-state index in [4.69, 9.17) is 11.6 Å². The molecule has 1 amide bonds. The van der Waals surface area contributed by atoms with Gasteiger partial charge in [0.2, 0.25) is 5.91 Å². The van der Waals surface area contributed by atoms with Crippen molar-refractivity contribution in [3.63, 3.8) is 0 Å². The van der Waals surface area contributed by atoms with Crippen molar-refractivity contribution in [3.05, 3.63) is 34.9 Å². The molecule has 2 aliphatic rings. The Hall–Kier alpha value is -1.27. The summed E-state index contributed by atoms with van der Waals surface area (Å²) in [6, 6.07) is 6.85. The molecule has 0 spiro atoms. The van der Waals surface area contributed by atoms with E-state index in [-0.39, 0.29) is 12.5 Å². The molecule has 1 heterocycles. The van der Waals surface area contributed by atoms with Crippen molar-refractivity contribution in [2.24, 2.45) is 0 Å². The minimum absolute atomic E-state index is 0.0862. The van der Waals surface area contributed by atoms with Gasteiger partial charge in [-0.3, -0.25) is 4.79 Å². The van der Waals surface area contributed by atoms with Crippen molar-refractivity contribution in [3.8, 4) is 0 Å². The van der Waals surface area contributed by atoms with Crippen LogP contribution in [0.2, 0.25) is 5.02 Å². The van der Waals surface area contributed by atoms with E-state index in [0.29, 0.717) is 17.9 Å². The average Bonchev–Trinajstić information content (AvgIpc) is 3.14. The third-order valence-corrected chi connectivity index (χ3v) is 4.83. The Bertz CT molecular complexity index is 615. The fourth-order valence-electron chi connectivity index (χ4n) is 3.04. The number of aliphatic hydroxyl groups is 1. The van der Waals surface area contributed by atoms with Gasteiger partial charge < -0.3 is 10.0 Å². The van der Waals surface area contributed by atoms with Crippen molar-refractivity contribution in [2.45, 2.75) is 36.5 Å². The molecule has 3 nitrogen and oxygen atoms in total. The first kappa shape index (κ1) is 15.6. The summed E-state index contributed by atoms with van der Waals surface area (Å²) in [7, 11) is 0. The van der Waals surface area contributed by atoms with E-state index in [2.05, 4.69) is 0 Å². The highest BCUT2D eigenvalue weighted by Crippen LogP contribution is 2.51. The Balaban J connectivity index is 1.81. The van der Waals surface area contributed by atoms with Gasteiger partial charge in [-0.15, -0.1) is 0 Å². The van der Waals surface area contributed by atoms with Crippen LogP contribution < -0.4 is 0 Å². The number of rotatable bonds is 2. The number of alkyl halides is 3. The van der Waals surface area contributed by atoms with E-state index in [1.54, 1.807) is 24.3 Å². The van der Waals surface area contributed by atoms with E-state index in [0.717, 1.165) is 10.5 Å². The Kier molecular flexibility index (Phi) is 3.45. The quantitative estimate of drug-likeness (QED) is 0.904. The second kappa shape index (κ2) is 4.86. The van der Waals surface area contributed by atoms with Crippen molar-refractivity contribution >= 4 is 17.5 Å². The Morgan fingerprint density at radius 3 is 2.45 bits per heavy atom. The number of benzene rings is 1. The molecule has 1 aliphatic carbocycles. The van der Waals surface area contributed by atoms with Crippen LogP contribution in [0.15, 0.2) is 24.3 Å². The number of amides is 1. The molecule has 1 saturated heterocycles. The van der Waals surface area contributed by atoms with Gasteiger partial charge in [0.05, 0.1) is 12.0 Å².